The molecule has 0 spiro atoms. The van der Waals surface area contributed by atoms with Gasteiger partial charge in [0, 0.05) is 17.2 Å². The Kier molecular flexibility index (Phi) is 3.17. The third-order valence-electron chi connectivity index (χ3n) is 4.76. The monoisotopic (exact) mass is 407 g/mol. The van der Waals surface area contributed by atoms with Crippen molar-refractivity contribution in [1.29, 1.82) is 0 Å². The van der Waals surface area contributed by atoms with Gasteiger partial charge in [-0.25, -0.2) is 0 Å². The normalized spacial score (nSPS) is 13.9. The van der Waals surface area contributed by atoms with Crippen molar-refractivity contribution in [2.75, 3.05) is 0 Å². The summed E-state index contributed by atoms with van der Waals surface area (Å²) in [6, 6.07) is 15.2. The molecule has 0 saturated heterocycles. The van der Waals surface area contributed by atoms with Crippen LogP contribution < -0.4 is 0 Å². The van der Waals surface area contributed by atoms with Gasteiger partial charge in [0.15, 0.2) is 0 Å². The Morgan fingerprint density at radius 3 is 2.43 bits per heavy atom. The summed E-state index contributed by atoms with van der Waals surface area (Å²) in [6.07, 6.45) is 0.391. The summed E-state index contributed by atoms with van der Waals surface area (Å²) in [7, 11) is 0. The van der Waals surface area contributed by atoms with E-state index in [1.165, 1.54) is 6.07 Å². The van der Waals surface area contributed by atoms with Crippen LogP contribution in [0.25, 0.3) is 33.1 Å². The Morgan fingerprint density at radius 1 is 0.786 bits per heavy atom. The maximum absolute atomic E-state index is 8.29. The van der Waals surface area contributed by atoms with Crippen molar-refractivity contribution in [1.82, 2.24) is 0 Å². The number of rotatable bonds is 3. The number of furan rings is 1. The topological polar surface area (TPSA) is 13.1 Å². The molecule has 5 rings (SSSR count). The lowest BCUT2D eigenvalue weighted by atomic mass is 9.98. The highest BCUT2D eigenvalue weighted by Gasteiger charge is 2.14. The molecule has 0 bridgehead atoms. The van der Waals surface area contributed by atoms with Gasteiger partial charge >= 0.3 is 0 Å². The fourth-order valence-electron chi connectivity index (χ4n) is 3.46. The smallest absolute Gasteiger partial charge is 0.138 e. The van der Waals surface area contributed by atoms with Gasteiger partial charge in [-0.3, -0.25) is 0 Å². The van der Waals surface area contributed by atoms with Crippen molar-refractivity contribution in [2.45, 2.75) is 6.42 Å². The van der Waals surface area contributed by atoms with Crippen molar-refractivity contribution in [3.8, 4) is 11.1 Å². The van der Waals surface area contributed by atoms with Crippen LogP contribution in [0.3, 0.4) is 0 Å². The third-order valence-corrected chi connectivity index (χ3v) is 5.60. The molecule has 5 aromatic rings. The molecule has 4 aromatic carbocycles. The van der Waals surface area contributed by atoms with Crippen LogP contribution in [-0.2, 0) is 6.42 Å². The lowest BCUT2D eigenvalue weighted by Crippen LogP contribution is -1.92. The van der Waals surface area contributed by atoms with Crippen LogP contribution in [0.2, 0.25) is 10.0 Å². The second-order valence-electron chi connectivity index (χ2n) is 6.50. The first-order valence-electron chi connectivity index (χ1n) is 11.2. The Balaban J connectivity index is 1.68. The molecule has 28 heavy (non-hydrogen) atoms. The van der Waals surface area contributed by atoms with E-state index in [1.807, 2.05) is 42.5 Å². The molecule has 1 aromatic heterocycles. The molecule has 0 aliphatic heterocycles. The van der Waals surface area contributed by atoms with Crippen LogP contribution >= 0.6 is 23.2 Å². The molecule has 0 amide bonds. The molecule has 136 valence electrons. The van der Waals surface area contributed by atoms with Crippen LogP contribution in [0.4, 0.5) is 0 Å². The van der Waals surface area contributed by atoms with E-state index in [9.17, 15) is 0 Å². The van der Waals surface area contributed by atoms with E-state index in [2.05, 4.69) is 0 Å². The fraction of sp³-hybridized carbons (Fsp3) is 0.0400. The summed E-state index contributed by atoms with van der Waals surface area (Å²) < 4.78 is 46.5. The molecule has 0 fully saturated rings. The Hall–Kier alpha value is -2.74. The summed E-state index contributed by atoms with van der Waals surface area (Å²) in [5.41, 5.74) is 3.60. The lowest BCUT2D eigenvalue weighted by molar-refractivity contribution is 0.664. The van der Waals surface area contributed by atoms with Gasteiger partial charge in [-0.1, -0.05) is 89.8 Å². The van der Waals surface area contributed by atoms with Gasteiger partial charge in [-0.15, -0.1) is 0 Å². The summed E-state index contributed by atoms with van der Waals surface area (Å²) in [4.78, 5) is 0. The maximum atomic E-state index is 8.29. The quantitative estimate of drug-likeness (QED) is 0.294. The van der Waals surface area contributed by atoms with Gasteiger partial charge in [0.1, 0.15) is 11.2 Å². The number of halogens is 2. The first-order chi connectivity index (χ1) is 15.8. The van der Waals surface area contributed by atoms with Gasteiger partial charge in [0.05, 0.1) is 16.9 Å². The largest absolute Gasteiger partial charge is 0.456 e. The van der Waals surface area contributed by atoms with Crippen molar-refractivity contribution < 1.29 is 11.3 Å². The number of para-hydroxylation sites is 2. The zero-order valence-corrected chi connectivity index (χ0v) is 16.1. The Morgan fingerprint density at radius 2 is 1.57 bits per heavy atom. The molecule has 0 N–H and O–H groups in total. The van der Waals surface area contributed by atoms with Gasteiger partial charge < -0.3 is 4.42 Å². The van der Waals surface area contributed by atoms with Crippen LogP contribution in [0.5, 0.6) is 0 Å². The maximum Gasteiger partial charge on any atom is 0.138 e. The number of fused-ring (bicyclic) bond motifs is 3. The average Bonchev–Trinajstić information content (AvgIpc) is 3.19. The van der Waals surface area contributed by atoms with E-state index in [4.69, 9.17) is 34.5 Å². The van der Waals surface area contributed by atoms with Crippen molar-refractivity contribution in [3.05, 3.63) is 106 Å². The number of hydrogen-bond donors (Lipinski definition) is 0. The zero-order valence-electron chi connectivity index (χ0n) is 19.6. The highest BCUT2D eigenvalue weighted by Crippen LogP contribution is 2.36. The average molecular weight is 408 g/mol. The summed E-state index contributed by atoms with van der Waals surface area (Å²) >= 11 is 13.0. The minimum atomic E-state index is -0.439. The van der Waals surface area contributed by atoms with E-state index in [1.54, 1.807) is 6.07 Å². The highest BCUT2D eigenvalue weighted by atomic mass is 35.5. The molecule has 1 heterocycles. The summed E-state index contributed by atoms with van der Waals surface area (Å²) in [5.74, 6) is 0. The fourth-order valence-corrected chi connectivity index (χ4v) is 3.88. The van der Waals surface area contributed by atoms with Crippen molar-refractivity contribution >= 4 is 45.1 Å². The second kappa shape index (κ2) is 7.01. The van der Waals surface area contributed by atoms with E-state index in [-0.39, 0.29) is 22.7 Å². The Bertz CT molecular complexity index is 1550. The van der Waals surface area contributed by atoms with E-state index in [0.29, 0.717) is 22.6 Å². The molecule has 0 atom stereocenters. The highest BCUT2D eigenvalue weighted by molar-refractivity contribution is 6.42. The van der Waals surface area contributed by atoms with E-state index < -0.39 is 18.1 Å². The second-order valence-corrected chi connectivity index (χ2v) is 7.29. The standard InChI is InChI=1S/C25H16Cl2O/c26-22-15-18(16-7-2-1-3-8-16)14-19(24(22)27)13-17-9-6-11-21-20-10-4-5-12-23(20)28-25(17)21/h1-12,14-15H,13H2/i1D,2D,3D,7D,8D. The summed E-state index contributed by atoms with van der Waals surface area (Å²) in [6.45, 7) is 0. The summed E-state index contributed by atoms with van der Waals surface area (Å²) in [5, 5.41) is 2.60. The van der Waals surface area contributed by atoms with E-state index in [0.717, 1.165) is 27.5 Å². The minimum Gasteiger partial charge on any atom is -0.456 e. The van der Waals surface area contributed by atoms with E-state index >= 15 is 0 Å². The van der Waals surface area contributed by atoms with Crippen molar-refractivity contribution in [3.63, 3.8) is 0 Å². The number of hydrogen-bond acceptors (Lipinski definition) is 1. The zero-order chi connectivity index (χ0) is 23.4. The van der Waals surface area contributed by atoms with Crippen LogP contribution in [-0.4, -0.2) is 0 Å². The predicted octanol–water partition coefficient (Wildman–Crippen LogP) is 8.15. The van der Waals surface area contributed by atoms with Gasteiger partial charge in [0.25, 0.3) is 0 Å². The molecule has 0 aliphatic carbocycles. The first-order valence-corrected chi connectivity index (χ1v) is 9.48. The first kappa shape index (κ1) is 12.7. The van der Waals surface area contributed by atoms with Crippen LogP contribution in [0.1, 0.15) is 18.0 Å². The molecule has 0 unspecified atom stereocenters. The van der Waals surface area contributed by atoms with Gasteiger partial charge in [-0.05, 0) is 40.5 Å². The third kappa shape index (κ3) is 2.97. The lowest BCUT2D eigenvalue weighted by Gasteiger charge is -2.11. The molecular formula is C25H16Cl2O. The molecule has 1 nitrogen and oxygen atoms in total. The molecule has 0 saturated carbocycles. The molecule has 0 aliphatic rings. The van der Waals surface area contributed by atoms with Gasteiger partial charge in [0.2, 0.25) is 0 Å². The SMILES string of the molecule is [2H]c1c([2H])c([2H])c(-c2cc(Cl)c(Cl)c(Cc3cccc4c3oc3ccccc34)c2)c([2H])c1[2H]. The van der Waals surface area contributed by atoms with Gasteiger partial charge in [-0.2, -0.15) is 0 Å². The molecule has 3 heteroatoms. The van der Waals surface area contributed by atoms with Crippen LogP contribution in [0.15, 0.2) is 89.2 Å². The number of benzene rings is 4. The van der Waals surface area contributed by atoms with Crippen molar-refractivity contribution in [2.24, 2.45) is 0 Å². The Labute approximate surface area is 180 Å². The molecular weight excluding hydrogens is 387 g/mol. The predicted molar refractivity (Wildman–Crippen MR) is 118 cm³/mol. The molecule has 0 radical (unpaired) electrons. The van der Waals surface area contributed by atoms with Crippen LogP contribution in [0, 0.1) is 0 Å². The minimum absolute atomic E-state index is 0.0859.